The third-order valence-corrected chi connectivity index (χ3v) is 2.56. The second kappa shape index (κ2) is 4.71. The van der Waals surface area contributed by atoms with Crippen LogP contribution in [0.3, 0.4) is 0 Å². The van der Waals surface area contributed by atoms with Crippen LogP contribution in [0.4, 0.5) is 0 Å². The van der Waals surface area contributed by atoms with Crippen LogP contribution in [0.1, 0.15) is 38.8 Å². The zero-order valence-electron chi connectivity index (χ0n) is 10.6. The Balaban J connectivity index is 0.000000980. The van der Waals surface area contributed by atoms with Gasteiger partial charge in [-0.3, -0.25) is 6.07 Å². The molecule has 3 heteroatoms. The molecule has 1 nitrogen and oxygen atoms in total. The van der Waals surface area contributed by atoms with E-state index in [1.807, 2.05) is 12.1 Å². The third-order valence-electron chi connectivity index (χ3n) is 2.56. The van der Waals surface area contributed by atoms with Crippen molar-refractivity contribution in [3.8, 4) is 0 Å². The molecule has 0 amide bonds. The van der Waals surface area contributed by atoms with Crippen LogP contribution in [0, 0.1) is 12.1 Å². The topological polar surface area (TPSA) is 9.23 Å². The van der Waals surface area contributed by atoms with E-state index in [9.17, 15) is 0 Å². The molecule has 15 heavy (non-hydrogen) atoms. The largest absolute Gasteiger partial charge is 1.00 e. The van der Waals surface area contributed by atoms with Gasteiger partial charge in [-0.2, -0.15) is 0 Å². The van der Waals surface area contributed by atoms with Crippen molar-refractivity contribution in [1.29, 1.82) is 0 Å². The van der Waals surface area contributed by atoms with Crippen molar-refractivity contribution >= 4 is 0 Å². The van der Waals surface area contributed by atoms with Crippen LogP contribution in [0.15, 0.2) is 12.1 Å². The van der Waals surface area contributed by atoms with Gasteiger partial charge in [-0.05, 0) is 13.8 Å². The van der Waals surface area contributed by atoms with Crippen molar-refractivity contribution < 1.29 is 42.5 Å². The molecule has 1 aromatic carbocycles. The molecule has 1 aliphatic heterocycles. The average molecular weight is 188 g/mol. The number of rotatable bonds is 0. The molecule has 1 aliphatic rings. The summed E-state index contributed by atoms with van der Waals surface area (Å²) in [6.45, 7) is 8.33. The van der Waals surface area contributed by atoms with Crippen molar-refractivity contribution in [1.82, 2.24) is 0 Å². The van der Waals surface area contributed by atoms with Gasteiger partial charge in [-0.1, -0.05) is 13.8 Å². The Morgan fingerprint density at radius 3 is 2.20 bits per heavy atom. The maximum Gasteiger partial charge on any atom is 1.00 e. The minimum absolute atomic E-state index is 0. The zero-order valence-corrected chi connectivity index (χ0v) is 10.6. The van der Waals surface area contributed by atoms with E-state index in [1.54, 1.807) is 0 Å². The molecule has 0 N–H and O–H groups in total. The Morgan fingerprint density at radius 1 is 1.07 bits per heavy atom. The maximum absolute atomic E-state index is 5.96. The molecular weight excluding hydrogens is 174 g/mol. The first kappa shape index (κ1) is 15.4. The number of benzene rings is 1. The van der Waals surface area contributed by atoms with E-state index in [-0.39, 0.29) is 48.9 Å². The first-order valence-corrected chi connectivity index (χ1v) is 4.56. The summed E-state index contributed by atoms with van der Waals surface area (Å²) < 4.78 is 5.96. The molecule has 0 aromatic heterocycles. The van der Waals surface area contributed by atoms with E-state index >= 15 is 0 Å². The average Bonchev–Trinajstić information content (AvgIpc) is 2.20. The smallest absolute Gasteiger partial charge is 0.388 e. The number of fused-ring (bicyclic) bond motifs is 1. The molecular formula is C12H14Li2O. The second-order valence-corrected chi connectivity index (χ2v) is 4.51. The molecule has 0 bridgehead atoms. The predicted octanol–water partition coefficient (Wildman–Crippen LogP) is -3.20. The Labute approximate surface area is 116 Å². The minimum Gasteiger partial charge on any atom is -0.388 e. The van der Waals surface area contributed by atoms with Gasteiger partial charge in [0, 0.05) is 11.2 Å². The molecule has 0 radical (unpaired) electrons. The van der Waals surface area contributed by atoms with Gasteiger partial charge in [0.1, 0.15) is 0 Å². The van der Waals surface area contributed by atoms with Crippen LogP contribution in [0.25, 0.3) is 0 Å². The van der Waals surface area contributed by atoms with Gasteiger partial charge in [0.05, 0.1) is 0 Å². The standard InChI is InChI=1S/C12H14O.2Li/c1-11(2)9-7-5-6-8-10(9)12(3,4)13-11;;/h5,8H,1-4H3;;/q-2;2*+1. The number of ether oxygens (including phenoxy) is 1. The molecule has 0 unspecified atom stereocenters. The van der Waals surface area contributed by atoms with E-state index in [2.05, 4.69) is 39.8 Å². The first-order valence-electron chi connectivity index (χ1n) is 4.56. The summed E-state index contributed by atoms with van der Waals surface area (Å²) in [6.07, 6.45) is 0. The Morgan fingerprint density at radius 2 is 1.67 bits per heavy atom. The van der Waals surface area contributed by atoms with E-state index in [0.29, 0.717) is 0 Å². The summed E-state index contributed by atoms with van der Waals surface area (Å²) in [5.41, 5.74) is 1.96. The molecule has 70 valence electrons. The molecule has 0 spiro atoms. The molecule has 0 aliphatic carbocycles. The maximum atomic E-state index is 5.96. The molecule has 0 fully saturated rings. The van der Waals surface area contributed by atoms with Crippen LogP contribution in [0.2, 0.25) is 0 Å². The van der Waals surface area contributed by atoms with Crippen molar-refractivity contribution in [2.75, 3.05) is 0 Å². The Bertz CT molecular complexity index is 312. The van der Waals surface area contributed by atoms with E-state index in [4.69, 9.17) is 4.74 Å². The van der Waals surface area contributed by atoms with Gasteiger partial charge >= 0.3 is 37.7 Å². The number of hydrogen-bond acceptors (Lipinski definition) is 1. The summed E-state index contributed by atoms with van der Waals surface area (Å²) >= 11 is 0. The quantitative estimate of drug-likeness (QED) is 0.308. The fourth-order valence-corrected chi connectivity index (χ4v) is 2.11. The minimum atomic E-state index is -0.214. The number of hydrogen-bond donors (Lipinski definition) is 0. The van der Waals surface area contributed by atoms with Crippen molar-refractivity contribution in [3.05, 3.63) is 35.4 Å². The summed E-state index contributed by atoms with van der Waals surface area (Å²) in [5.74, 6) is 0. The van der Waals surface area contributed by atoms with Gasteiger partial charge in [0.25, 0.3) is 0 Å². The fraction of sp³-hybridized carbons (Fsp3) is 0.500. The predicted molar refractivity (Wildman–Crippen MR) is 51.3 cm³/mol. The molecule has 2 rings (SSSR count). The molecule has 0 saturated heterocycles. The van der Waals surface area contributed by atoms with Crippen LogP contribution >= 0.6 is 0 Å². The van der Waals surface area contributed by atoms with Crippen molar-refractivity contribution in [2.24, 2.45) is 0 Å². The molecule has 0 saturated carbocycles. The van der Waals surface area contributed by atoms with Crippen molar-refractivity contribution in [3.63, 3.8) is 0 Å². The summed E-state index contributed by atoms with van der Waals surface area (Å²) in [7, 11) is 0. The summed E-state index contributed by atoms with van der Waals surface area (Å²) in [4.78, 5) is 0. The van der Waals surface area contributed by atoms with E-state index in [0.717, 1.165) is 5.56 Å². The van der Waals surface area contributed by atoms with Crippen LogP contribution in [-0.4, -0.2) is 0 Å². The van der Waals surface area contributed by atoms with Gasteiger partial charge in [-0.25, -0.2) is 11.1 Å². The van der Waals surface area contributed by atoms with E-state index in [1.165, 1.54) is 5.56 Å². The summed E-state index contributed by atoms with van der Waals surface area (Å²) in [5, 5.41) is 0. The molecule has 1 heterocycles. The van der Waals surface area contributed by atoms with Crippen LogP contribution < -0.4 is 37.7 Å². The zero-order chi connectivity index (χ0) is 9.69. The first-order chi connectivity index (χ1) is 5.93. The second-order valence-electron chi connectivity index (χ2n) is 4.51. The van der Waals surface area contributed by atoms with E-state index < -0.39 is 0 Å². The third kappa shape index (κ3) is 2.55. The SMILES string of the molecule is CC1(C)OC(C)(C)c2c[c-]c[c-]c21.[Li+].[Li+]. The molecule has 0 atom stereocenters. The molecule has 1 aromatic rings. The van der Waals surface area contributed by atoms with Crippen LogP contribution in [0.5, 0.6) is 0 Å². The summed E-state index contributed by atoms with van der Waals surface area (Å²) in [6, 6.07) is 10.1. The van der Waals surface area contributed by atoms with Gasteiger partial charge in [-0.15, -0.1) is 0 Å². The Hall–Kier alpha value is 0.375. The Kier molecular flexibility index (Phi) is 4.82. The van der Waals surface area contributed by atoms with Gasteiger partial charge in [0.2, 0.25) is 0 Å². The van der Waals surface area contributed by atoms with Crippen molar-refractivity contribution in [2.45, 2.75) is 38.9 Å². The van der Waals surface area contributed by atoms with Gasteiger partial charge < -0.3 is 22.9 Å². The van der Waals surface area contributed by atoms with Gasteiger partial charge in [0.15, 0.2) is 0 Å². The van der Waals surface area contributed by atoms with Crippen LogP contribution in [-0.2, 0) is 15.9 Å². The fourth-order valence-electron chi connectivity index (χ4n) is 2.11. The monoisotopic (exact) mass is 188 g/mol. The normalized spacial score (nSPS) is 19.7.